The Bertz CT molecular complexity index is 647. The van der Waals surface area contributed by atoms with Gasteiger partial charge in [0.1, 0.15) is 11.9 Å². The van der Waals surface area contributed by atoms with E-state index >= 15 is 0 Å². The summed E-state index contributed by atoms with van der Waals surface area (Å²) in [5, 5.41) is 11.4. The monoisotopic (exact) mass is 305 g/mol. The van der Waals surface area contributed by atoms with Crippen LogP contribution in [0.4, 0.5) is 5.69 Å². The molecule has 0 spiro atoms. The summed E-state index contributed by atoms with van der Waals surface area (Å²) in [6, 6.07) is 2.57. The summed E-state index contributed by atoms with van der Waals surface area (Å²) in [5.74, 6) is 1.57. The Kier molecular flexibility index (Phi) is 4.35. The lowest BCUT2D eigenvalue weighted by Gasteiger charge is -2.27. The van der Waals surface area contributed by atoms with Crippen LogP contribution in [0.25, 0.3) is 0 Å². The molecule has 1 aromatic rings. The van der Waals surface area contributed by atoms with Gasteiger partial charge < -0.3 is 14.4 Å². The molecule has 0 saturated heterocycles. The maximum absolute atomic E-state index is 11.4. The molecule has 1 aromatic carbocycles. The number of nitro benzene ring substituents is 1. The number of aliphatic imine (C=N–C) groups is 1. The minimum Gasteiger partial charge on any atom is -0.493 e. The third-order valence-electron chi connectivity index (χ3n) is 3.79. The van der Waals surface area contributed by atoms with Crippen LogP contribution in [-0.4, -0.2) is 36.9 Å². The number of allylic oxidation sites excluding steroid dienone is 1. The van der Waals surface area contributed by atoms with Gasteiger partial charge in [-0.05, 0) is 26.0 Å². The Balaban J connectivity index is 2.61. The maximum atomic E-state index is 11.4. The lowest BCUT2D eigenvalue weighted by atomic mass is 10.0. The van der Waals surface area contributed by atoms with Crippen molar-refractivity contribution in [1.82, 2.24) is 4.90 Å². The fourth-order valence-electron chi connectivity index (χ4n) is 2.36. The summed E-state index contributed by atoms with van der Waals surface area (Å²) in [4.78, 5) is 17.4. The molecule has 1 unspecified atom stereocenters. The lowest BCUT2D eigenvalue weighted by Crippen LogP contribution is -2.26. The van der Waals surface area contributed by atoms with Crippen molar-refractivity contribution in [3.8, 4) is 11.5 Å². The molecule has 2 rings (SSSR count). The van der Waals surface area contributed by atoms with Crippen molar-refractivity contribution in [3.63, 3.8) is 0 Å². The van der Waals surface area contributed by atoms with E-state index in [0.29, 0.717) is 17.1 Å². The zero-order valence-corrected chi connectivity index (χ0v) is 13.3. The molecule has 1 aliphatic rings. The quantitative estimate of drug-likeness (QED) is 0.631. The molecular formula is C15H19N3O4. The number of benzene rings is 1. The van der Waals surface area contributed by atoms with Gasteiger partial charge in [-0.15, -0.1) is 0 Å². The summed E-state index contributed by atoms with van der Waals surface area (Å²) in [5.41, 5.74) is 1.43. The first kappa shape index (κ1) is 15.8. The number of methoxy groups -OCH3 is 2. The fourth-order valence-corrected chi connectivity index (χ4v) is 2.36. The first-order valence-corrected chi connectivity index (χ1v) is 6.76. The number of nitro groups is 1. The average molecular weight is 305 g/mol. The minimum atomic E-state index is -0.427. The molecule has 118 valence electrons. The molecule has 22 heavy (non-hydrogen) atoms. The van der Waals surface area contributed by atoms with Gasteiger partial charge in [0.05, 0.1) is 30.8 Å². The highest BCUT2D eigenvalue weighted by atomic mass is 16.6. The van der Waals surface area contributed by atoms with Gasteiger partial charge in [0, 0.05) is 12.7 Å². The highest BCUT2D eigenvalue weighted by Gasteiger charge is 2.27. The molecule has 0 aromatic heterocycles. The van der Waals surface area contributed by atoms with Gasteiger partial charge in [-0.1, -0.05) is 0 Å². The molecule has 0 saturated carbocycles. The number of amidine groups is 1. The highest BCUT2D eigenvalue weighted by Crippen LogP contribution is 2.40. The molecule has 7 heteroatoms. The van der Waals surface area contributed by atoms with Crippen LogP contribution in [0.2, 0.25) is 0 Å². The van der Waals surface area contributed by atoms with Crippen LogP contribution in [0.15, 0.2) is 28.9 Å². The van der Waals surface area contributed by atoms with Crippen molar-refractivity contribution < 1.29 is 14.4 Å². The van der Waals surface area contributed by atoms with E-state index in [1.54, 1.807) is 6.07 Å². The smallest absolute Gasteiger partial charge is 0.279 e. The van der Waals surface area contributed by atoms with Gasteiger partial charge >= 0.3 is 0 Å². The third kappa shape index (κ3) is 2.74. The first-order valence-electron chi connectivity index (χ1n) is 6.76. The number of nitrogens with zero attached hydrogens (tertiary/aromatic N) is 3. The van der Waals surface area contributed by atoms with Crippen molar-refractivity contribution in [3.05, 3.63) is 39.6 Å². The molecule has 0 amide bonds. The number of hydrogen-bond acceptors (Lipinski definition) is 6. The van der Waals surface area contributed by atoms with Crippen molar-refractivity contribution >= 4 is 11.5 Å². The molecule has 0 aliphatic carbocycles. The second-order valence-electron chi connectivity index (χ2n) is 5.01. The zero-order chi connectivity index (χ0) is 16.4. The summed E-state index contributed by atoms with van der Waals surface area (Å²) >= 11 is 0. The summed E-state index contributed by atoms with van der Waals surface area (Å²) in [6.45, 7) is 3.81. The molecule has 0 radical (unpaired) electrons. The van der Waals surface area contributed by atoms with E-state index in [1.165, 1.54) is 20.3 Å². The Morgan fingerprint density at radius 3 is 2.32 bits per heavy atom. The Hall–Kier alpha value is -2.57. The first-order chi connectivity index (χ1) is 10.4. The molecular weight excluding hydrogens is 286 g/mol. The Morgan fingerprint density at radius 1 is 1.23 bits per heavy atom. The van der Waals surface area contributed by atoms with Crippen LogP contribution >= 0.6 is 0 Å². The van der Waals surface area contributed by atoms with Crippen LogP contribution in [0.3, 0.4) is 0 Å². The predicted molar refractivity (Wildman–Crippen MR) is 83.6 cm³/mol. The van der Waals surface area contributed by atoms with Gasteiger partial charge in [-0.3, -0.25) is 15.1 Å². The van der Waals surface area contributed by atoms with Crippen LogP contribution in [0.1, 0.15) is 25.5 Å². The minimum absolute atomic E-state index is 0.0344. The van der Waals surface area contributed by atoms with Crippen molar-refractivity contribution in [1.29, 1.82) is 0 Å². The maximum Gasteiger partial charge on any atom is 0.279 e. The van der Waals surface area contributed by atoms with Gasteiger partial charge in [-0.2, -0.15) is 0 Å². The second kappa shape index (κ2) is 6.05. The largest absolute Gasteiger partial charge is 0.493 e. The number of rotatable bonds is 4. The molecule has 1 heterocycles. The fraction of sp³-hybridized carbons (Fsp3) is 0.400. The van der Waals surface area contributed by atoms with Gasteiger partial charge in [0.25, 0.3) is 5.69 Å². The van der Waals surface area contributed by atoms with Gasteiger partial charge in [0.15, 0.2) is 11.5 Å². The lowest BCUT2D eigenvalue weighted by molar-refractivity contribution is -0.385. The number of hydrogen-bond donors (Lipinski definition) is 0. The molecule has 0 fully saturated rings. The van der Waals surface area contributed by atoms with Crippen LogP contribution in [0.5, 0.6) is 11.5 Å². The van der Waals surface area contributed by atoms with E-state index in [0.717, 1.165) is 11.5 Å². The SMILES string of the molecule is COc1cc(C2C=C(C)N(C)C(C)=N2)c([N+](=O)[O-])cc1OC. The van der Waals surface area contributed by atoms with Crippen molar-refractivity contribution in [2.24, 2.45) is 4.99 Å². The van der Waals surface area contributed by atoms with Crippen LogP contribution in [-0.2, 0) is 0 Å². The summed E-state index contributed by atoms with van der Waals surface area (Å²) < 4.78 is 10.4. The van der Waals surface area contributed by atoms with Gasteiger partial charge in [-0.25, -0.2) is 0 Å². The van der Waals surface area contributed by atoms with Crippen molar-refractivity contribution in [2.75, 3.05) is 21.3 Å². The van der Waals surface area contributed by atoms with E-state index < -0.39 is 11.0 Å². The standard InChI is InChI=1S/C15H19N3O4/c1-9-6-12(16-10(2)17(9)3)11-7-14(21-4)15(22-5)8-13(11)18(19)20/h6-8,12H,1-5H3. The molecule has 7 nitrogen and oxygen atoms in total. The second-order valence-corrected chi connectivity index (χ2v) is 5.01. The number of ether oxygens (including phenoxy) is 2. The van der Waals surface area contributed by atoms with E-state index in [4.69, 9.17) is 9.47 Å². The van der Waals surface area contributed by atoms with Crippen LogP contribution in [0, 0.1) is 10.1 Å². The molecule has 1 atom stereocenters. The molecule has 0 N–H and O–H groups in total. The highest BCUT2D eigenvalue weighted by molar-refractivity contribution is 5.82. The average Bonchev–Trinajstić information content (AvgIpc) is 2.50. The van der Waals surface area contributed by atoms with E-state index in [-0.39, 0.29) is 5.69 Å². The topological polar surface area (TPSA) is 77.2 Å². The summed E-state index contributed by atoms with van der Waals surface area (Å²) in [6.07, 6.45) is 1.89. The van der Waals surface area contributed by atoms with Crippen molar-refractivity contribution in [2.45, 2.75) is 19.9 Å². The summed E-state index contributed by atoms with van der Waals surface area (Å²) in [7, 11) is 4.85. The van der Waals surface area contributed by atoms with E-state index in [9.17, 15) is 10.1 Å². The molecule has 1 aliphatic heterocycles. The Labute approximate surface area is 129 Å². The third-order valence-corrected chi connectivity index (χ3v) is 3.79. The predicted octanol–water partition coefficient (Wildman–Crippen LogP) is 2.92. The van der Waals surface area contributed by atoms with E-state index in [2.05, 4.69) is 4.99 Å². The van der Waals surface area contributed by atoms with Gasteiger partial charge in [0.2, 0.25) is 0 Å². The Morgan fingerprint density at radius 2 is 1.82 bits per heavy atom. The zero-order valence-electron chi connectivity index (χ0n) is 13.3. The van der Waals surface area contributed by atoms with Crippen LogP contribution < -0.4 is 9.47 Å². The molecule has 0 bridgehead atoms. The van der Waals surface area contributed by atoms with E-state index in [1.807, 2.05) is 31.9 Å². The normalized spacial score (nSPS) is 17.7.